The molecule has 0 saturated carbocycles. The quantitative estimate of drug-likeness (QED) is 0.935. The standard InChI is InChI=1S/C18H21FN4O/c19-11-15-5-3-14(4-6-15)10-16-2-1-9-23(12-16)18(24)22-17-7-8-20-13-21-17/h3-8,13,16H,1-2,9-12H2,(H,20,21,22,24). The highest BCUT2D eigenvalue weighted by Gasteiger charge is 2.24. The van der Waals surface area contributed by atoms with Gasteiger partial charge in [0.25, 0.3) is 0 Å². The lowest BCUT2D eigenvalue weighted by Crippen LogP contribution is -2.42. The van der Waals surface area contributed by atoms with Crippen LogP contribution in [0.3, 0.4) is 0 Å². The average molecular weight is 328 g/mol. The highest BCUT2D eigenvalue weighted by molar-refractivity contribution is 5.88. The second-order valence-corrected chi connectivity index (χ2v) is 6.13. The third-order valence-electron chi connectivity index (χ3n) is 4.32. The number of nitrogens with zero attached hydrogens (tertiary/aromatic N) is 3. The van der Waals surface area contributed by atoms with E-state index in [4.69, 9.17) is 0 Å². The van der Waals surface area contributed by atoms with E-state index in [1.807, 2.05) is 29.2 Å². The number of alkyl halides is 1. The monoisotopic (exact) mass is 328 g/mol. The summed E-state index contributed by atoms with van der Waals surface area (Å²) >= 11 is 0. The molecule has 5 nitrogen and oxygen atoms in total. The Hall–Kier alpha value is -2.50. The number of carbonyl (C=O) groups is 1. The number of rotatable bonds is 4. The Morgan fingerprint density at radius 3 is 2.75 bits per heavy atom. The van der Waals surface area contributed by atoms with Crippen molar-refractivity contribution in [2.45, 2.75) is 25.9 Å². The number of nitrogens with one attached hydrogen (secondary N) is 1. The summed E-state index contributed by atoms with van der Waals surface area (Å²) in [6.07, 6.45) is 6.01. The molecule has 6 heteroatoms. The molecule has 2 amide bonds. The number of piperidine rings is 1. The molecule has 2 heterocycles. The van der Waals surface area contributed by atoms with Crippen LogP contribution in [0.25, 0.3) is 0 Å². The van der Waals surface area contributed by atoms with Gasteiger partial charge >= 0.3 is 6.03 Å². The Bertz CT molecular complexity index is 662. The van der Waals surface area contributed by atoms with Crippen LogP contribution in [0.1, 0.15) is 24.0 Å². The van der Waals surface area contributed by atoms with Crippen molar-refractivity contribution in [3.8, 4) is 0 Å². The SMILES string of the molecule is O=C(Nc1ccncn1)N1CCCC(Cc2ccc(CF)cc2)C1. The van der Waals surface area contributed by atoms with Gasteiger partial charge in [0.15, 0.2) is 0 Å². The van der Waals surface area contributed by atoms with Crippen LogP contribution in [0.15, 0.2) is 42.9 Å². The molecule has 2 aromatic rings. The predicted octanol–water partition coefficient (Wildman–Crippen LogP) is 3.43. The minimum absolute atomic E-state index is 0.119. The molecule has 0 aliphatic carbocycles. The van der Waals surface area contributed by atoms with E-state index < -0.39 is 6.67 Å². The van der Waals surface area contributed by atoms with E-state index in [-0.39, 0.29) is 6.03 Å². The van der Waals surface area contributed by atoms with Crippen molar-refractivity contribution in [3.63, 3.8) is 0 Å². The second-order valence-electron chi connectivity index (χ2n) is 6.13. The van der Waals surface area contributed by atoms with Gasteiger partial charge in [-0.05, 0) is 42.4 Å². The number of carbonyl (C=O) groups excluding carboxylic acids is 1. The fourth-order valence-corrected chi connectivity index (χ4v) is 3.07. The van der Waals surface area contributed by atoms with Crippen molar-refractivity contribution in [2.24, 2.45) is 5.92 Å². The van der Waals surface area contributed by atoms with Gasteiger partial charge in [0.2, 0.25) is 0 Å². The first-order chi connectivity index (χ1) is 11.7. The van der Waals surface area contributed by atoms with E-state index in [2.05, 4.69) is 15.3 Å². The lowest BCUT2D eigenvalue weighted by molar-refractivity contribution is 0.177. The maximum absolute atomic E-state index is 12.6. The smallest absolute Gasteiger partial charge is 0.323 e. The molecule has 1 fully saturated rings. The summed E-state index contributed by atoms with van der Waals surface area (Å²) in [6.45, 7) is 1.05. The maximum Gasteiger partial charge on any atom is 0.323 e. The first kappa shape index (κ1) is 16.4. The van der Waals surface area contributed by atoms with Crippen LogP contribution in [0.2, 0.25) is 0 Å². The van der Waals surface area contributed by atoms with Crippen molar-refractivity contribution in [3.05, 3.63) is 54.0 Å². The molecule has 1 unspecified atom stereocenters. The summed E-state index contributed by atoms with van der Waals surface area (Å²) in [4.78, 5) is 22.1. The number of benzene rings is 1. The molecule has 126 valence electrons. The summed E-state index contributed by atoms with van der Waals surface area (Å²) in [5.41, 5.74) is 1.89. The molecule has 1 aliphatic heterocycles. The number of halogens is 1. The fraction of sp³-hybridized carbons (Fsp3) is 0.389. The average Bonchev–Trinajstić information content (AvgIpc) is 2.63. The highest BCUT2D eigenvalue weighted by Crippen LogP contribution is 2.22. The molecule has 24 heavy (non-hydrogen) atoms. The number of hydrogen-bond donors (Lipinski definition) is 1. The zero-order valence-electron chi connectivity index (χ0n) is 13.5. The molecule has 1 N–H and O–H groups in total. The van der Waals surface area contributed by atoms with Crippen molar-refractivity contribution in [2.75, 3.05) is 18.4 Å². The van der Waals surface area contributed by atoms with Gasteiger partial charge in [-0.1, -0.05) is 24.3 Å². The Kier molecular flexibility index (Phi) is 5.36. The number of aromatic nitrogens is 2. The van der Waals surface area contributed by atoms with E-state index in [0.717, 1.165) is 32.4 Å². The molecule has 1 atom stereocenters. The zero-order valence-corrected chi connectivity index (χ0v) is 13.5. The molecule has 0 bridgehead atoms. The van der Waals surface area contributed by atoms with E-state index in [1.165, 1.54) is 11.9 Å². The Morgan fingerprint density at radius 2 is 2.04 bits per heavy atom. The van der Waals surface area contributed by atoms with E-state index in [9.17, 15) is 9.18 Å². The summed E-state index contributed by atoms with van der Waals surface area (Å²) in [5, 5.41) is 2.81. The van der Waals surface area contributed by atoms with Crippen LogP contribution in [0.4, 0.5) is 15.0 Å². The second kappa shape index (κ2) is 7.86. The first-order valence-electron chi connectivity index (χ1n) is 8.20. The minimum atomic E-state index is -0.430. The summed E-state index contributed by atoms with van der Waals surface area (Å²) in [6, 6.07) is 9.18. The molecule has 0 spiro atoms. The molecule has 1 aliphatic rings. The van der Waals surface area contributed by atoms with Gasteiger partial charge in [0.1, 0.15) is 18.8 Å². The lowest BCUT2D eigenvalue weighted by Gasteiger charge is -2.32. The number of urea groups is 1. The Balaban J connectivity index is 1.56. The van der Waals surface area contributed by atoms with Gasteiger partial charge < -0.3 is 4.90 Å². The number of hydrogen-bond acceptors (Lipinski definition) is 3. The molecule has 1 aromatic heterocycles. The molecule has 1 aromatic carbocycles. The third kappa shape index (κ3) is 4.28. The van der Waals surface area contributed by atoms with E-state index in [0.29, 0.717) is 17.3 Å². The van der Waals surface area contributed by atoms with Crippen LogP contribution >= 0.6 is 0 Å². The highest BCUT2D eigenvalue weighted by atomic mass is 19.1. The van der Waals surface area contributed by atoms with E-state index in [1.54, 1.807) is 12.3 Å². The van der Waals surface area contributed by atoms with Crippen molar-refractivity contribution in [1.29, 1.82) is 0 Å². The topological polar surface area (TPSA) is 58.1 Å². The van der Waals surface area contributed by atoms with Crippen LogP contribution in [-0.2, 0) is 13.1 Å². The molecule has 3 rings (SSSR count). The van der Waals surface area contributed by atoms with Crippen LogP contribution in [0.5, 0.6) is 0 Å². The van der Waals surface area contributed by atoms with E-state index >= 15 is 0 Å². The van der Waals surface area contributed by atoms with Gasteiger partial charge in [-0.25, -0.2) is 19.2 Å². The summed E-state index contributed by atoms with van der Waals surface area (Å²) < 4.78 is 12.6. The minimum Gasteiger partial charge on any atom is -0.324 e. The van der Waals surface area contributed by atoms with Gasteiger partial charge in [-0.3, -0.25) is 5.32 Å². The van der Waals surface area contributed by atoms with Crippen LogP contribution in [0, 0.1) is 5.92 Å². The maximum atomic E-state index is 12.6. The number of likely N-dealkylation sites (tertiary alicyclic amines) is 1. The van der Waals surface area contributed by atoms with Gasteiger partial charge in [-0.2, -0.15) is 0 Å². The molecule has 0 radical (unpaired) electrons. The zero-order chi connectivity index (χ0) is 16.8. The molecule has 1 saturated heterocycles. The van der Waals surface area contributed by atoms with Crippen LogP contribution < -0.4 is 5.32 Å². The summed E-state index contributed by atoms with van der Waals surface area (Å²) in [5.74, 6) is 0.935. The van der Waals surface area contributed by atoms with Crippen LogP contribution in [-0.4, -0.2) is 34.0 Å². The van der Waals surface area contributed by atoms with Gasteiger partial charge in [0.05, 0.1) is 0 Å². The largest absolute Gasteiger partial charge is 0.324 e. The third-order valence-corrected chi connectivity index (χ3v) is 4.32. The normalized spacial score (nSPS) is 17.5. The van der Waals surface area contributed by atoms with Crippen molar-refractivity contribution in [1.82, 2.24) is 14.9 Å². The van der Waals surface area contributed by atoms with Crippen molar-refractivity contribution >= 4 is 11.8 Å². The van der Waals surface area contributed by atoms with Gasteiger partial charge in [0, 0.05) is 19.3 Å². The number of amides is 2. The molecular weight excluding hydrogens is 307 g/mol. The number of anilines is 1. The molecular formula is C18H21FN4O. The first-order valence-corrected chi connectivity index (χ1v) is 8.20. The Labute approximate surface area is 140 Å². The Morgan fingerprint density at radius 1 is 1.25 bits per heavy atom. The van der Waals surface area contributed by atoms with Crippen molar-refractivity contribution < 1.29 is 9.18 Å². The fourth-order valence-electron chi connectivity index (χ4n) is 3.07. The summed E-state index contributed by atoms with van der Waals surface area (Å²) in [7, 11) is 0. The lowest BCUT2D eigenvalue weighted by atomic mass is 9.91. The van der Waals surface area contributed by atoms with Gasteiger partial charge in [-0.15, -0.1) is 0 Å². The predicted molar refractivity (Wildman–Crippen MR) is 90.3 cm³/mol.